The van der Waals surface area contributed by atoms with E-state index in [1.54, 1.807) is 0 Å². The van der Waals surface area contributed by atoms with Gasteiger partial charge in [0.2, 0.25) is 0 Å². The first-order valence-electron chi connectivity index (χ1n) is 5.13. The van der Waals surface area contributed by atoms with Gasteiger partial charge >= 0.3 is 6.03 Å². The van der Waals surface area contributed by atoms with Gasteiger partial charge in [-0.3, -0.25) is 0 Å². The highest BCUT2D eigenvalue weighted by Gasteiger charge is 2.16. The number of amides is 2. The third-order valence-corrected chi connectivity index (χ3v) is 2.66. The average molecular weight is 205 g/mol. The Hall–Kier alpha value is -1.71. The molecule has 2 amide bonds. The lowest BCUT2D eigenvalue weighted by Crippen LogP contribution is -2.40. The van der Waals surface area contributed by atoms with Gasteiger partial charge in [0, 0.05) is 18.3 Å². The number of para-hydroxylation sites is 1. The third-order valence-electron chi connectivity index (χ3n) is 2.66. The molecule has 0 saturated carbocycles. The molecular formula is C11H15N3O. The van der Waals surface area contributed by atoms with E-state index in [9.17, 15) is 4.79 Å². The first kappa shape index (κ1) is 9.83. The molecule has 2 rings (SSSR count). The Morgan fingerprint density at radius 3 is 3.13 bits per heavy atom. The molecule has 0 aromatic heterocycles. The highest BCUT2D eigenvalue weighted by atomic mass is 16.2. The molecule has 0 radical (unpaired) electrons. The molecule has 1 aliphatic rings. The van der Waals surface area contributed by atoms with E-state index in [0.717, 1.165) is 12.8 Å². The maximum Gasteiger partial charge on any atom is 0.312 e. The molecule has 0 fully saturated rings. The molecule has 1 aliphatic heterocycles. The van der Waals surface area contributed by atoms with Crippen molar-refractivity contribution >= 4 is 11.7 Å². The van der Waals surface area contributed by atoms with Gasteiger partial charge in [-0.1, -0.05) is 18.2 Å². The number of hydrogen-bond donors (Lipinski definition) is 3. The van der Waals surface area contributed by atoms with Gasteiger partial charge in [0.25, 0.3) is 0 Å². The number of benzene rings is 1. The number of carbonyl (C=O) groups excluding carboxylic acids is 1. The maximum absolute atomic E-state index is 10.6. The van der Waals surface area contributed by atoms with Crippen LogP contribution in [0.5, 0.6) is 0 Å². The summed E-state index contributed by atoms with van der Waals surface area (Å²) in [5.41, 5.74) is 7.53. The van der Waals surface area contributed by atoms with E-state index in [0.29, 0.717) is 6.54 Å². The number of hydrogen-bond acceptors (Lipinski definition) is 2. The molecule has 4 nitrogen and oxygen atoms in total. The van der Waals surface area contributed by atoms with Crippen molar-refractivity contribution in [1.82, 2.24) is 5.32 Å². The summed E-state index contributed by atoms with van der Waals surface area (Å²) >= 11 is 0. The minimum absolute atomic E-state index is 0.285. The first-order chi connectivity index (χ1) is 7.25. The number of rotatable bonds is 2. The highest BCUT2D eigenvalue weighted by molar-refractivity contribution is 5.71. The molecular weight excluding hydrogens is 190 g/mol. The number of fused-ring (bicyclic) bond motifs is 1. The van der Waals surface area contributed by atoms with E-state index in [1.165, 1.54) is 11.3 Å². The zero-order valence-electron chi connectivity index (χ0n) is 8.49. The summed E-state index contributed by atoms with van der Waals surface area (Å²) in [5.74, 6) is 0. The molecule has 4 N–H and O–H groups in total. The quantitative estimate of drug-likeness (QED) is 0.676. The standard InChI is InChI=1S/C11H15N3O/c12-11(15)13-7-9-6-5-8-3-1-2-4-10(8)14-9/h1-4,9,14H,5-7H2,(H3,12,13,15). The van der Waals surface area contributed by atoms with Gasteiger partial charge in [-0.2, -0.15) is 0 Å². The first-order valence-corrected chi connectivity index (χ1v) is 5.13. The number of nitrogens with two attached hydrogens (primary N) is 1. The molecule has 0 bridgehead atoms. The fourth-order valence-corrected chi connectivity index (χ4v) is 1.88. The van der Waals surface area contributed by atoms with Crippen LogP contribution in [-0.4, -0.2) is 18.6 Å². The van der Waals surface area contributed by atoms with Gasteiger partial charge in [-0.05, 0) is 24.5 Å². The lowest BCUT2D eigenvalue weighted by Gasteiger charge is -2.26. The smallest absolute Gasteiger partial charge is 0.312 e. The SMILES string of the molecule is NC(=O)NCC1CCc2ccccc2N1. The van der Waals surface area contributed by atoms with Crippen molar-refractivity contribution in [3.63, 3.8) is 0 Å². The number of aryl methyl sites for hydroxylation is 1. The monoisotopic (exact) mass is 205 g/mol. The minimum Gasteiger partial charge on any atom is -0.380 e. The van der Waals surface area contributed by atoms with Crippen LogP contribution in [0.3, 0.4) is 0 Å². The number of primary amides is 1. The van der Waals surface area contributed by atoms with Crippen LogP contribution in [0.15, 0.2) is 24.3 Å². The second-order valence-corrected chi connectivity index (χ2v) is 3.78. The van der Waals surface area contributed by atoms with Gasteiger partial charge in [0.1, 0.15) is 0 Å². The Morgan fingerprint density at radius 1 is 1.53 bits per heavy atom. The number of carbonyl (C=O) groups is 1. The summed E-state index contributed by atoms with van der Waals surface area (Å²) < 4.78 is 0. The molecule has 0 aliphatic carbocycles. The van der Waals surface area contributed by atoms with Gasteiger partial charge in [0.05, 0.1) is 0 Å². The van der Waals surface area contributed by atoms with E-state index in [1.807, 2.05) is 12.1 Å². The summed E-state index contributed by atoms with van der Waals surface area (Å²) in [5, 5.41) is 6.00. The lowest BCUT2D eigenvalue weighted by molar-refractivity contribution is 0.248. The molecule has 15 heavy (non-hydrogen) atoms. The van der Waals surface area contributed by atoms with Gasteiger partial charge in [0.15, 0.2) is 0 Å². The second kappa shape index (κ2) is 4.21. The Morgan fingerprint density at radius 2 is 2.33 bits per heavy atom. The molecule has 0 saturated heterocycles. The summed E-state index contributed by atoms with van der Waals surface area (Å²) in [6.45, 7) is 0.587. The van der Waals surface area contributed by atoms with Crippen molar-refractivity contribution in [3.05, 3.63) is 29.8 Å². The van der Waals surface area contributed by atoms with Crippen molar-refractivity contribution in [2.24, 2.45) is 5.73 Å². The minimum atomic E-state index is -0.462. The van der Waals surface area contributed by atoms with Crippen molar-refractivity contribution in [1.29, 1.82) is 0 Å². The summed E-state index contributed by atoms with van der Waals surface area (Å²) in [7, 11) is 0. The predicted molar refractivity (Wildman–Crippen MR) is 59.8 cm³/mol. The summed E-state index contributed by atoms with van der Waals surface area (Å²) in [4.78, 5) is 10.6. The zero-order valence-corrected chi connectivity index (χ0v) is 8.49. The van der Waals surface area contributed by atoms with Crippen LogP contribution in [0.1, 0.15) is 12.0 Å². The lowest BCUT2D eigenvalue weighted by atomic mass is 9.98. The second-order valence-electron chi connectivity index (χ2n) is 3.78. The Bertz CT molecular complexity index is 365. The van der Waals surface area contributed by atoms with Crippen molar-refractivity contribution < 1.29 is 4.79 Å². The zero-order chi connectivity index (χ0) is 10.7. The molecule has 1 aromatic carbocycles. The summed E-state index contributed by atoms with van der Waals surface area (Å²) in [6.07, 6.45) is 2.07. The fraction of sp³-hybridized carbons (Fsp3) is 0.364. The van der Waals surface area contributed by atoms with Crippen LogP contribution in [0.4, 0.5) is 10.5 Å². The molecule has 4 heteroatoms. The van der Waals surface area contributed by atoms with Crippen LogP contribution in [0.2, 0.25) is 0 Å². The van der Waals surface area contributed by atoms with Gasteiger partial charge < -0.3 is 16.4 Å². The van der Waals surface area contributed by atoms with E-state index >= 15 is 0 Å². The summed E-state index contributed by atoms with van der Waals surface area (Å²) in [6, 6.07) is 8.06. The van der Waals surface area contributed by atoms with Crippen LogP contribution in [-0.2, 0) is 6.42 Å². The van der Waals surface area contributed by atoms with Crippen molar-refractivity contribution in [3.8, 4) is 0 Å². The van der Waals surface area contributed by atoms with E-state index < -0.39 is 6.03 Å². The van der Waals surface area contributed by atoms with Crippen LogP contribution >= 0.6 is 0 Å². The Balaban J connectivity index is 1.96. The van der Waals surface area contributed by atoms with Crippen LogP contribution in [0.25, 0.3) is 0 Å². The molecule has 0 spiro atoms. The Kier molecular flexibility index (Phi) is 2.76. The predicted octanol–water partition coefficient (Wildman–Crippen LogP) is 1.08. The molecule has 1 unspecified atom stereocenters. The largest absolute Gasteiger partial charge is 0.380 e. The number of nitrogens with one attached hydrogen (secondary N) is 2. The normalized spacial score (nSPS) is 18.8. The average Bonchev–Trinajstić information content (AvgIpc) is 2.26. The van der Waals surface area contributed by atoms with Crippen molar-refractivity contribution in [2.75, 3.05) is 11.9 Å². The molecule has 1 heterocycles. The number of urea groups is 1. The van der Waals surface area contributed by atoms with Crippen LogP contribution < -0.4 is 16.4 Å². The highest BCUT2D eigenvalue weighted by Crippen LogP contribution is 2.23. The maximum atomic E-state index is 10.6. The topological polar surface area (TPSA) is 67.2 Å². The number of anilines is 1. The third kappa shape index (κ3) is 2.40. The van der Waals surface area contributed by atoms with E-state index in [-0.39, 0.29) is 6.04 Å². The van der Waals surface area contributed by atoms with Crippen molar-refractivity contribution in [2.45, 2.75) is 18.9 Å². The van der Waals surface area contributed by atoms with Gasteiger partial charge in [-0.15, -0.1) is 0 Å². The van der Waals surface area contributed by atoms with Gasteiger partial charge in [-0.25, -0.2) is 4.79 Å². The molecule has 80 valence electrons. The Labute approximate surface area is 88.9 Å². The van der Waals surface area contributed by atoms with E-state index in [4.69, 9.17) is 5.73 Å². The van der Waals surface area contributed by atoms with E-state index in [2.05, 4.69) is 22.8 Å². The fourth-order valence-electron chi connectivity index (χ4n) is 1.88. The molecule has 1 atom stereocenters. The molecule has 1 aromatic rings. The van der Waals surface area contributed by atoms with Crippen LogP contribution in [0, 0.1) is 0 Å².